The van der Waals surface area contributed by atoms with Crippen molar-refractivity contribution in [2.45, 2.75) is 31.1 Å². The Morgan fingerprint density at radius 3 is 2.36 bits per heavy atom. The van der Waals surface area contributed by atoms with Gasteiger partial charge >= 0.3 is 5.38 Å². The molecular formula is C6H9ClF2NO. The average molecular weight is 185 g/mol. The molecule has 2 nitrogen and oxygen atoms in total. The normalized spacial score (nSPS) is 11.5. The van der Waals surface area contributed by atoms with E-state index in [2.05, 4.69) is 11.6 Å². The lowest BCUT2D eigenvalue weighted by Gasteiger charge is -2.05. The summed E-state index contributed by atoms with van der Waals surface area (Å²) < 4.78 is 23.8. The van der Waals surface area contributed by atoms with Crippen LogP contribution in [-0.2, 0) is 4.79 Å². The SMILES string of the molecule is [NH]C(=O)CCCCC(F)(F)Cl. The average Bonchev–Trinajstić information content (AvgIpc) is 1.78. The van der Waals surface area contributed by atoms with Gasteiger partial charge < -0.3 is 0 Å². The summed E-state index contributed by atoms with van der Waals surface area (Å²) >= 11 is 4.58. The molecule has 0 unspecified atom stereocenters. The van der Waals surface area contributed by atoms with Crippen molar-refractivity contribution in [3.63, 3.8) is 0 Å². The molecule has 65 valence electrons. The number of alkyl halides is 3. The van der Waals surface area contributed by atoms with E-state index in [1.165, 1.54) is 0 Å². The standard InChI is InChI=1S/C6H9ClF2NO/c7-6(8,9)4-2-1-3-5(10)11/h10H,1-4H2. The number of carbonyl (C=O) groups is 1. The quantitative estimate of drug-likeness (QED) is 0.477. The van der Waals surface area contributed by atoms with Crippen LogP contribution in [0.3, 0.4) is 0 Å². The van der Waals surface area contributed by atoms with Crippen LogP contribution in [0.1, 0.15) is 25.7 Å². The third-order valence-corrected chi connectivity index (χ3v) is 1.30. The smallest absolute Gasteiger partial charge is 0.273 e. The first-order valence-electron chi connectivity index (χ1n) is 3.23. The van der Waals surface area contributed by atoms with Crippen molar-refractivity contribution in [1.29, 1.82) is 0 Å². The van der Waals surface area contributed by atoms with Crippen LogP contribution in [0.25, 0.3) is 0 Å². The van der Waals surface area contributed by atoms with Gasteiger partial charge in [0.1, 0.15) is 0 Å². The van der Waals surface area contributed by atoms with Gasteiger partial charge in [-0.3, -0.25) is 10.5 Å². The Kier molecular flexibility index (Phi) is 4.33. The lowest BCUT2D eigenvalue weighted by molar-refractivity contribution is -0.118. The largest absolute Gasteiger partial charge is 0.321 e. The summed E-state index contributed by atoms with van der Waals surface area (Å²) in [6.07, 6.45) is 0.0978. The Balaban J connectivity index is 3.22. The minimum absolute atomic E-state index is 0.0347. The minimum Gasteiger partial charge on any atom is -0.273 e. The summed E-state index contributed by atoms with van der Waals surface area (Å²) in [5, 5.41) is -3.16. The van der Waals surface area contributed by atoms with E-state index in [-0.39, 0.29) is 12.8 Å². The number of hydrogen-bond acceptors (Lipinski definition) is 1. The van der Waals surface area contributed by atoms with Crippen LogP contribution < -0.4 is 5.73 Å². The fourth-order valence-electron chi connectivity index (χ4n) is 0.611. The van der Waals surface area contributed by atoms with E-state index in [4.69, 9.17) is 5.73 Å². The molecule has 0 heterocycles. The monoisotopic (exact) mass is 184 g/mol. The van der Waals surface area contributed by atoms with E-state index in [9.17, 15) is 13.6 Å². The summed E-state index contributed by atoms with van der Waals surface area (Å²) in [5.74, 6) is -0.720. The maximum Gasteiger partial charge on any atom is 0.321 e. The van der Waals surface area contributed by atoms with Crippen LogP contribution in [0.2, 0.25) is 0 Å². The van der Waals surface area contributed by atoms with Crippen molar-refractivity contribution in [1.82, 2.24) is 5.73 Å². The number of nitrogens with one attached hydrogen (secondary N) is 1. The predicted molar refractivity (Wildman–Crippen MR) is 37.4 cm³/mol. The Bertz CT molecular complexity index is 135. The van der Waals surface area contributed by atoms with E-state index in [0.717, 1.165) is 0 Å². The van der Waals surface area contributed by atoms with E-state index >= 15 is 0 Å². The lowest BCUT2D eigenvalue weighted by atomic mass is 10.2. The first-order valence-corrected chi connectivity index (χ1v) is 3.61. The zero-order valence-corrected chi connectivity index (χ0v) is 6.63. The molecule has 5 heteroatoms. The molecule has 0 rings (SSSR count). The highest BCUT2D eigenvalue weighted by molar-refractivity contribution is 6.21. The topological polar surface area (TPSA) is 40.9 Å². The van der Waals surface area contributed by atoms with Crippen molar-refractivity contribution >= 4 is 17.5 Å². The molecule has 0 saturated heterocycles. The van der Waals surface area contributed by atoms with Gasteiger partial charge in [-0.2, -0.15) is 8.78 Å². The number of hydrogen-bond donors (Lipinski definition) is 0. The van der Waals surface area contributed by atoms with E-state index in [1.807, 2.05) is 0 Å². The molecule has 0 aliphatic heterocycles. The van der Waals surface area contributed by atoms with Crippen molar-refractivity contribution < 1.29 is 13.6 Å². The first kappa shape index (κ1) is 10.6. The highest BCUT2D eigenvalue weighted by atomic mass is 35.5. The summed E-state index contributed by atoms with van der Waals surface area (Å²) in [6.45, 7) is 0. The van der Waals surface area contributed by atoms with Gasteiger partial charge in [0, 0.05) is 12.8 Å². The van der Waals surface area contributed by atoms with Crippen LogP contribution in [-0.4, -0.2) is 11.3 Å². The molecule has 0 aliphatic rings. The third-order valence-electron chi connectivity index (χ3n) is 1.11. The number of amides is 1. The minimum atomic E-state index is -3.16. The van der Waals surface area contributed by atoms with Gasteiger partial charge in [-0.1, -0.05) is 0 Å². The Labute approximate surface area is 68.7 Å². The van der Waals surface area contributed by atoms with Crippen LogP contribution in [0, 0.1) is 0 Å². The van der Waals surface area contributed by atoms with Crippen molar-refractivity contribution in [2.24, 2.45) is 0 Å². The van der Waals surface area contributed by atoms with Gasteiger partial charge in [0.05, 0.1) is 0 Å². The second-order valence-electron chi connectivity index (χ2n) is 2.25. The lowest BCUT2D eigenvalue weighted by Crippen LogP contribution is -2.05. The molecule has 1 radical (unpaired) electrons. The second kappa shape index (κ2) is 4.49. The van der Waals surface area contributed by atoms with E-state index < -0.39 is 17.7 Å². The molecule has 1 amide bonds. The van der Waals surface area contributed by atoms with Gasteiger partial charge in [-0.15, -0.1) is 0 Å². The number of carbonyl (C=O) groups excluding carboxylic acids is 1. The molecule has 11 heavy (non-hydrogen) atoms. The van der Waals surface area contributed by atoms with Crippen molar-refractivity contribution in [3.05, 3.63) is 0 Å². The summed E-state index contributed by atoms with van der Waals surface area (Å²) in [6, 6.07) is 0. The first-order chi connectivity index (χ1) is 4.92. The highest BCUT2D eigenvalue weighted by Gasteiger charge is 2.23. The molecule has 0 aromatic carbocycles. The van der Waals surface area contributed by atoms with Crippen molar-refractivity contribution in [3.8, 4) is 0 Å². The summed E-state index contributed by atoms with van der Waals surface area (Å²) in [5.41, 5.74) is 6.45. The summed E-state index contributed by atoms with van der Waals surface area (Å²) in [4.78, 5) is 10.0. The molecule has 1 N–H and O–H groups in total. The Hall–Kier alpha value is -0.380. The number of rotatable bonds is 5. The maximum atomic E-state index is 11.9. The highest BCUT2D eigenvalue weighted by Crippen LogP contribution is 2.25. The van der Waals surface area contributed by atoms with Crippen molar-refractivity contribution in [2.75, 3.05) is 0 Å². The molecule has 0 atom stereocenters. The van der Waals surface area contributed by atoms with Gasteiger partial charge in [-0.05, 0) is 24.4 Å². The Morgan fingerprint density at radius 2 is 2.00 bits per heavy atom. The van der Waals surface area contributed by atoms with Crippen LogP contribution in [0.4, 0.5) is 8.78 Å². The number of halogens is 3. The maximum absolute atomic E-state index is 11.9. The summed E-state index contributed by atoms with van der Waals surface area (Å²) in [7, 11) is 0. The zero-order chi connectivity index (χ0) is 8.91. The number of unbranched alkanes of at least 4 members (excludes halogenated alkanes) is 1. The van der Waals surface area contributed by atoms with Gasteiger partial charge in [0.15, 0.2) is 0 Å². The van der Waals surface area contributed by atoms with Gasteiger partial charge in [0.2, 0.25) is 5.91 Å². The van der Waals surface area contributed by atoms with Crippen LogP contribution >= 0.6 is 11.6 Å². The van der Waals surface area contributed by atoms with Gasteiger partial charge in [0.25, 0.3) is 0 Å². The molecule has 0 saturated carbocycles. The van der Waals surface area contributed by atoms with E-state index in [1.54, 1.807) is 0 Å². The molecule has 0 aromatic heterocycles. The molecule has 0 bridgehead atoms. The molecule has 0 spiro atoms. The molecule has 0 aromatic rings. The van der Waals surface area contributed by atoms with E-state index in [0.29, 0.717) is 6.42 Å². The predicted octanol–water partition coefficient (Wildman–Crippen LogP) is 2.19. The second-order valence-corrected chi connectivity index (χ2v) is 2.80. The van der Waals surface area contributed by atoms with Crippen LogP contribution in [0.5, 0.6) is 0 Å². The molecule has 0 fully saturated rings. The molecular weight excluding hydrogens is 176 g/mol. The fourth-order valence-corrected chi connectivity index (χ4v) is 0.745. The Morgan fingerprint density at radius 1 is 1.45 bits per heavy atom. The molecule has 0 aliphatic carbocycles. The van der Waals surface area contributed by atoms with Crippen LogP contribution in [0.15, 0.2) is 0 Å². The zero-order valence-electron chi connectivity index (χ0n) is 5.87. The van der Waals surface area contributed by atoms with Gasteiger partial charge in [-0.25, -0.2) is 0 Å². The fraction of sp³-hybridized carbons (Fsp3) is 0.833. The third kappa shape index (κ3) is 9.62.